The van der Waals surface area contributed by atoms with E-state index in [1.807, 2.05) is 60.7 Å². The number of methoxy groups -OCH3 is 2. The number of ether oxygens (including phenoxy) is 2. The summed E-state index contributed by atoms with van der Waals surface area (Å²) in [7, 11) is 7.42. The minimum absolute atomic E-state index is 0.550. The maximum absolute atomic E-state index is 10.7. The molecule has 0 radical (unpaired) electrons. The molecule has 1 aromatic heterocycles. The highest BCUT2D eigenvalue weighted by Crippen LogP contribution is 2.32. The molecule has 39 heavy (non-hydrogen) atoms. The van der Waals surface area contributed by atoms with Crippen LogP contribution in [0.25, 0.3) is 11.0 Å². The van der Waals surface area contributed by atoms with Gasteiger partial charge in [-0.05, 0) is 69.3 Å². The van der Waals surface area contributed by atoms with Crippen LogP contribution >= 0.6 is 11.9 Å². The summed E-state index contributed by atoms with van der Waals surface area (Å²) in [6, 6.07) is 20.6. The number of hydrogen-bond donors (Lipinski definition) is 3. The number of hydrogen-bond acceptors (Lipinski definition) is 9. The Hall–Kier alpha value is -4.02. The Morgan fingerprint density at radius 2 is 1.54 bits per heavy atom. The van der Waals surface area contributed by atoms with Gasteiger partial charge >= 0.3 is 0 Å². The van der Waals surface area contributed by atoms with Crippen LogP contribution in [0.3, 0.4) is 0 Å². The molecule has 1 amide bonds. The number of unbranched alkanes of at least 4 members (excludes halogenated alkanes) is 1. The van der Waals surface area contributed by atoms with E-state index in [1.54, 1.807) is 20.3 Å². The zero-order valence-electron chi connectivity index (χ0n) is 23.0. The maximum atomic E-state index is 10.7. The van der Waals surface area contributed by atoms with Crippen molar-refractivity contribution < 1.29 is 14.3 Å². The fourth-order valence-electron chi connectivity index (χ4n) is 3.47. The first kappa shape index (κ1) is 29.5. The Balaban J connectivity index is 0.000000532. The van der Waals surface area contributed by atoms with Gasteiger partial charge in [0, 0.05) is 34.5 Å². The van der Waals surface area contributed by atoms with Crippen molar-refractivity contribution in [2.45, 2.75) is 24.7 Å². The molecule has 4 aromatic rings. The van der Waals surface area contributed by atoms with Gasteiger partial charge in [0.15, 0.2) is 11.6 Å². The molecule has 0 unspecified atom stereocenters. The van der Waals surface area contributed by atoms with Gasteiger partial charge in [-0.2, -0.15) is 0 Å². The van der Waals surface area contributed by atoms with Crippen LogP contribution < -0.4 is 24.8 Å². The topological polar surface area (TPSA) is 101 Å². The van der Waals surface area contributed by atoms with E-state index < -0.39 is 0 Å². The van der Waals surface area contributed by atoms with E-state index in [0.717, 1.165) is 21.6 Å². The highest BCUT2D eigenvalue weighted by molar-refractivity contribution is 8.00. The van der Waals surface area contributed by atoms with Gasteiger partial charge < -0.3 is 29.7 Å². The third-order valence-corrected chi connectivity index (χ3v) is 6.25. The predicted octanol–water partition coefficient (Wildman–Crippen LogP) is 6.43. The molecule has 0 aliphatic heterocycles. The Morgan fingerprint density at radius 3 is 2.10 bits per heavy atom. The number of benzene rings is 3. The summed E-state index contributed by atoms with van der Waals surface area (Å²) in [4.78, 5) is 23.3. The number of fused-ring (bicyclic) bond motifs is 1. The van der Waals surface area contributed by atoms with Crippen molar-refractivity contribution in [2.24, 2.45) is 0 Å². The molecule has 206 valence electrons. The van der Waals surface area contributed by atoms with Crippen molar-refractivity contribution in [2.75, 3.05) is 50.2 Å². The number of rotatable bonds is 12. The number of aromatic nitrogens is 2. The predicted molar refractivity (Wildman–Crippen MR) is 161 cm³/mol. The van der Waals surface area contributed by atoms with E-state index in [0.29, 0.717) is 35.2 Å². The van der Waals surface area contributed by atoms with Gasteiger partial charge in [0.25, 0.3) is 0 Å². The average Bonchev–Trinajstić information content (AvgIpc) is 2.95. The largest absolute Gasteiger partial charge is 0.497 e. The number of carbonyl (C=O) groups excluding carboxylic acids is 1. The van der Waals surface area contributed by atoms with Crippen molar-refractivity contribution in [1.82, 2.24) is 14.9 Å². The van der Waals surface area contributed by atoms with Crippen LogP contribution in [0.15, 0.2) is 71.6 Å². The summed E-state index contributed by atoms with van der Waals surface area (Å²) in [6.45, 7) is 3.44. The van der Waals surface area contributed by atoms with Crippen molar-refractivity contribution >= 4 is 52.4 Å². The highest BCUT2D eigenvalue weighted by atomic mass is 32.2. The van der Waals surface area contributed by atoms with Crippen LogP contribution in [-0.4, -0.2) is 56.1 Å². The van der Waals surface area contributed by atoms with E-state index in [-0.39, 0.29) is 0 Å². The van der Waals surface area contributed by atoms with Crippen LogP contribution in [0.1, 0.15) is 19.8 Å². The monoisotopic (exact) mass is 548 g/mol. The molecule has 10 heteroatoms. The Kier molecular flexibility index (Phi) is 11.7. The zero-order chi connectivity index (χ0) is 28.0. The summed E-state index contributed by atoms with van der Waals surface area (Å²) in [5.74, 6) is 2.42. The fraction of sp³-hybridized carbons (Fsp3) is 0.276. The SMILES string of the molecule is CCCCN(C)C.COc1cc(Nc2nc3ccccc3nc2NSc2cccc(NC=O)c2)cc(OC)c1. The molecule has 0 aliphatic carbocycles. The smallest absolute Gasteiger partial charge is 0.211 e. The molecular weight excluding hydrogens is 512 g/mol. The first-order chi connectivity index (χ1) is 18.9. The minimum atomic E-state index is 0.550. The van der Waals surface area contributed by atoms with Crippen molar-refractivity contribution in [3.8, 4) is 11.5 Å². The van der Waals surface area contributed by atoms with E-state index in [1.165, 1.54) is 31.3 Å². The molecule has 0 bridgehead atoms. The fourth-order valence-corrected chi connectivity index (χ4v) is 4.16. The molecule has 0 saturated heterocycles. The molecule has 0 fully saturated rings. The van der Waals surface area contributed by atoms with E-state index in [2.05, 4.69) is 41.3 Å². The molecule has 0 saturated carbocycles. The van der Waals surface area contributed by atoms with Crippen molar-refractivity contribution in [3.05, 3.63) is 66.7 Å². The second-order valence-electron chi connectivity index (χ2n) is 8.79. The standard InChI is InChI=1S/C23H21N5O3S.C6H15N/c1-30-17-10-16(11-18(13-17)31-2)25-22-23(27-21-9-4-3-8-20(21)26-22)28-32-19-7-5-6-15(12-19)24-14-29;1-4-5-6-7(2)3/h3-14H,1-2H3,(H,24,29)(H,25,26)(H,27,28);4-6H2,1-3H3. The van der Waals surface area contributed by atoms with Gasteiger partial charge in [-0.15, -0.1) is 0 Å². The number of nitrogens with one attached hydrogen (secondary N) is 3. The van der Waals surface area contributed by atoms with E-state index >= 15 is 0 Å². The second kappa shape index (κ2) is 15.4. The molecule has 3 aromatic carbocycles. The zero-order valence-corrected chi connectivity index (χ0v) is 23.8. The minimum Gasteiger partial charge on any atom is -0.497 e. The Bertz CT molecular complexity index is 1330. The summed E-state index contributed by atoms with van der Waals surface area (Å²) < 4.78 is 14.0. The number of nitrogens with zero attached hydrogens (tertiary/aromatic N) is 3. The first-order valence-corrected chi connectivity index (χ1v) is 13.4. The maximum Gasteiger partial charge on any atom is 0.211 e. The van der Waals surface area contributed by atoms with Crippen LogP contribution in [0, 0.1) is 0 Å². The van der Waals surface area contributed by atoms with Gasteiger partial charge in [0.2, 0.25) is 6.41 Å². The van der Waals surface area contributed by atoms with Crippen molar-refractivity contribution in [3.63, 3.8) is 0 Å². The van der Waals surface area contributed by atoms with Crippen LogP contribution in [0.4, 0.5) is 23.0 Å². The van der Waals surface area contributed by atoms with E-state index in [9.17, 15) is 4.79 Å². The number of amides is 1. The molecule has 0 spiro atoms. The number of anilines is 4. The van der Waals surface area contributed by atoms with Crippen LogP contribution in [0.2, 0.25) is 0 Å². The first-order valence-electron chi connectivity index (χ1n) is 12.6. The molecule has 9 nitrogen and oxygen atoms in total. The Labute approximate surface area is 234 Å². The van der Waals surface area contributed by atoms with Gasteiger partial charge in [-0.25, -0.2) is 9.97 Å². The molecule has 4 rings (SSSR count). The number of carbonyl (C=O) groups is 1. The quantitative estimate of drug-likeness (QED) is 0.137. The van der Waals surface area contributed by atoms with Crippen molar-refractivity contribution in [1.29, 1.82) is 0 Å². The summed E-state index contributed by atoms with van der Waals surface area (Å²) in [5, 5.41) is 5.96. The lowest BCUT2D eigenvalue weighted by Gasteiger charge is -2.14. The van der Waals surface area contributed by atoms with Crippen LogP contribution in [-0.2, 0) is 4.79 Å². The third-order valence-electron chi connectivity index (χ3n) is 5.47. The van der Waals surface area contributed by atoms with E-state index in [4.69, 9.17) is 19.4 Å². The third kappa shape index (κ3) is 9.35. The van der Waals surface area contributed by atoms with Crippen LogP contribution in [0.5, 0.6) is 11.5 Å². The summed E-state index contributed by atoms with van der Waals surface area (Å²) in [6.07, 6.45) is 3.28. The molecular formula is C29H36N6O3S. The molecule has 3 N–H and O–H groups in total. The van der Waals surface area contributed by atoms with Gasteiger partial charge in [-0.3, -0.25) is 4.79 Å². The lowest BCUT2D eigenvalue weighted by atomic mass is 10.2. The normalized spacial score (nSPS) is 10.4. The van der Waals surface area contributed by atoms with Gasteiger partial charge in [0.05, 0.1) is 25.3 Å². The Morgan fingerprint density at radius 1 is 0.872 bits per heavy atom. The van der Waals surface area contributed by atoms with Gasteiger partial charge in [-0.1, -0.05) is 31.5 Å². The average molecular weight is 549 g/mol. The number of para-hydroxylation sites is 2. The molecule has 0 aliphatic rings. The highest BCUT2D eigenvalue weighted by Gasteiger charge is 2.12. The van der Waals surface area contributed by atoms with Gasteiger partial charge in [0.1, 0.15) is 11.5 Å². The second-order valence-corrected chi connectivity index (χ2v) is 9.67. The molecule has 1 heterocycles. The lowest BCUT2D eigenvalue weighted by molar-refractivity contribution is -0.105. The lowest BCUT2D eigenvalue weighted by Crippen LogP contribution is -2.12. The molecule has 0 atom stereocenters. The summed E-state index contributed by atoms with van der Waals surface area (Å²) in [5.41, 5.74) is 2.98. The summed E-state index contributed by atoms with van der Waals surface area (Å²) >= 11 is 1.36.